The van der Waals surface area contributed by atoms with Crippen molar-refractivity contribution < 1.29 is 9.90 Å². The molecule has 1 amide bonds. The molecule has 1 aromatic rings. The average molecular weight is 367 g/mol. The van der Waals surface area contributed by atoms with Crippen LogP contribution in [0.4, 0.5) is 5.69 Å². The van der Waals surface area contributed by atoms with E-state index in [4.69, 9.17) is 0 Å². The predicted octanol–water partition coefficient (Wildman–Crippen LogP) is 4.16. The lowest BCUT2D eigenvalue weighted by Gasteiger charge is -2.34. The fourth-order valence-electron chi connectivity index (χ4n) is 3.66. The van der Waals surface area contributed by atoms with Crippen molar-refractivity contribution in [2.45, 2.75) is 44.6 Å². The first-order valence-electron chi connectivity index (χ1n) is 9.60. The van der Waals surface area contributed by atoms with Crippen LogP contribution < -0.4 is 10.6 Å². The molecular weight excluding hydrogens is 338 g/mol. The summed E-state index contributed by atoms with van der Waals surface area (Å²) < 4.78 is 0. The summed E-state index contributed by atoms with van der Waals surface area (Å²) in [5.41, 5.74) is 4.31. The van der Waals surface area contributed by atoms with Crippen molar-refractivity contribution in [3.8, 4) is 5.75 Å². The fourth-order valence-corrected chi connectivity index (χ4v) is 3.66. The number of rotatable bonds is 5. The van der Waals surface area contributed by atoms with Crippen molar-refractivity contribution >= 4 is 11.6 Å². The number of amides is 1. The van der Waals surface area contributed by atoms with E-state index in [1.807, 2.05) is 0 Å². The Morgan fingerprint density at radius 2 is 1.70 bits per heavy atom. The Bertz CT molecular complexity index is 800. The molecule has 0 aromatic heterocycles. The number of aromatic hydroxyl groups is 1. The van der Waals surface area contributed by atoms with E-state index >= 15 is 0 Å². The van der Waals surface area contributed by atoms with Gasteiger partial charge < -0.3 is 20.6 Å². The number of allylic oxidation sites excluding steroid dienone is 2. The summed E-state index contributed by atoms with van der Waals surface area (Å²) in [6, 6.07) is 5.58. The average Bonchev–Trinajstić information content (AvgIpc) is 2.93. The molecule has 0 bridgehead atoms. The van der Waals surface area contributed by atoms with Gasteiger partial charge in [-0.15, -0.1) is 0 Å². The Labute approximate surface area is 161 Å². The molecule has 2 aliphatic carbocycles. The molecule has 3 rings (SSSR count). The standard InChI is InChI=1S/C22H29N3O2/c1-14-15(2)20(19(14)23-16-10-7-5-6-8-11-16)24-18-13-9-12-17(21(18)26)22(27)25(3)4/h9,12-13,16,23-24,26H,1-2,5-8,10-11H2,3-4H3. The molecule has 1 aromatic carbocycles. The first-order chi connectivity index (χ1) is 12.9. The second-order valence-corrected chi connectivity index (χ2v) is 7.57. The van der Waals surface area contributed by atoms with Crippen molar-refractivity contribution in [3.63, 3.8) is 0 Å². The van der Waals surface area contributed by atoms with Crippen LogP contribution >= 0.6 is 0 Å². The van der Waals surface area contributed by atoms with Gasteiger partial charge in [0.05, 0.1) is 22.6 Å². The van der Waals surface area contributed by atoms with Gasteiger partial charge in [0.2, 0.25) is 0 Å². The number of hydrogen-bond acceptors (Lipinski definition) is 4. The molecule has 0 aliphatic heterocycles. The van der Waals surface area contributed by atoms with E-state index in [2.05, 4.69) is 23.8 Å². The van der Waals surface area contributed by atoms with Crippen LogP contribution in [-0.2, 0) is 0 Å². The summed E-state index contributed by atoms with van der Waals surface area (Å²) in [5.74, 6) is -0.290. The van der Waals surface area contributed by atoms with Gasteiger partial charge in [-0.3, -0.25) is 4.79 Å². The van der Waals surface area contributed by atoms with E-state index in [9.17, 15) is 9.90 Å². The van der Waals surface area contributed by atoms with Gasteiger partial charge in [-0.25, -0.2) is 0 Å². The third-order valence-corrected chi connectivity index (χ3v) is 5.35. The Hall–Kier alpha value is -2.69. The molecule has 144 valence electrons. The lowest BCUT2D eigenvalue weighted by atomic mass is 9.88. The van der Waals surface area contributed by atoms with E-state index in [-0.39, 0.29) is 17.2 Å². The third-order valence-electron chi connectivity index (χ3n) is 5.35. The minimum Gasteiger partial charge on any atom is -0.505 e. The lowest BCUT2D eigenvalue weighted by molar-refractivity contribution is 0.0824. The minimum atomic E-state index is -0.237. The summed E-state index contributed by atoms with van der Waals surface area (Å²) in [6.07, 6.45) is 7.42. The van der Waals surface area contributed by atoms with Gasteiger partial charge in [0, 0.05) is 31.3 Å². The van der Waals surface area contributed by atoms with E-state index in [0.29, 0.717) is 11.7 Å². The van der Waals surface area contributed by atoms with Gasteiger partial charge in [0.25, 0.3) is 5.91 Å². The van der Waals surface area contributed by atoms with Crippen molar-refractivity contribution in [2.75, 3.05) is 19.4 Å². The summed E-state index contributed by atoms with van der Waals surface area (Å²) >= 11 is 0. The van der Waals surface area contributed by atoms with Gasteiger partial charge in [-0.2, -0.15) is 0 Å². The normalized spacial score (nSPS) is 18.0. The van der Waals surface area contributed by atoms with E-state index in [1.54, 1.807) is 32.3 Å². The highest BCUT2D eigenvalue weighted by Crippen LogP contribution is 2.39. The number of hydrogen-bond donors (Lipinski definition) is 3. The van der Waals surface area contributed by atoms with E-state index < -0.39 is 0 Å². The number of nitrogens with zero attached hydrogens (tertiary/aromatic N) is 1. The smallest absolute Gasteiger partial charge is 0.257 e. The number of benzene rings is 1. The zero-order valence-corrected chi connectivity index (χ0v) is 16.3. The van der Waals surface area contributed by atoms with Gasteiger partial charge in [-0.05, 0) is 25.0 Å². The fraction of sp³-hybridized carbons (Fsp3) is 0.409. The number of para-hydroxylation sites is 1. The maximum Gasteiger partial charge on any atom is 0.257 e. The van der Waals surface area contributed by atoms with Crippen LogP contribution in [0, 0.1) is 0 Å². The van der Waals surface area contributed by atoms with E-state index in [1.165, 1.54) is 30.6 Å². The van der Waals surface area contributed by atoms with Crippen LogP contribution in [0.5, 0.6) is 5.75 Å². The van der Waals surface area contributed by atoms with Gasteiger partial charge in [0.15, 0.2) is 5.75 Å². The molecule has 27 heavy (non-hydrogen) atoms. The summed E-state index contributed by atoms with van der Waals surface area (Å²) in [4.78, 5) is 13.7. The number of carbonyl (C=O) groups is 1. The van der Waals surface area contributed by atoms with Gasteiger partial charge in [0.1, 0.15) is 0 Å². The first-order valence-corrected chi connectivity index (χ1v) is 9.60. The van der Waals surface area contributed by atoms with Crippen molar-refractivity contribution in [2.24, 2.45) is 0 Å². The molecule has 0 atom stereocenters. The largest absolute Gasteiger partial charge is 0.505 e. The third kappa shape index (κ3) is 3.87. The molecule has 0 unspecified atom stereocenters. The Balaban J connectivity index is 1.83. The maximum absolute atomic E-state index is 12.2. The quantitative estimate of drug-likeness (QED) is 0.540. The maximum atomic E-state index is 12.2. The van der Waals surface area contributed by atoms with Crippen LogP contribution in [0.25, 0.3) is 0 Å². The number of nitrogens with one attached hydrogen (secondary N) is 2. The first kappa shape index (κ1) is 19.1. The highest BCUT2D eigenvalue weighted by Gasteiger charge is 2.29. The molecule has 5 nitrogen and oxygen atoms in total. The Morgan fingerprint density at radius 3 is 2.33 bits per heavy atom. The van der Waals surface area contributed by atoms with Crippen LogP contribution in [-0.4, -0.2) is 36.1 Å². The molecule has 1 fully saturated rings. The second kappa shape index (κ2) is 7.91. The van der Waals surface area contributed by atoms with Crippen LogP contribution in [0.1, 0.15) is 48.9 Å². The Morgan fingerprint density at radius 1 is 1.07 bits per heavy atom. The highest BCUT2D eigenvalue weighted by molar-refractivity contribution is 5.98. The molecule has 0 saturated heterocycles. The topological polar surface area (TPSA) is 64.6 Å². The molecule has 0 radical (unpaired) electrons. The lowest BCUT2D eigenvalue weighted by Crippen LogP contribution is -2.35. The Kier molecular flexibility index (Phi) is 5.59. The molecule has 2 aliphatic rings. The molecular formula is C22H29N3O2. The molecule has 0 heterocycles. The van der Waals surface area contributed by atoms with E-state index in [0.717, 1.165) is 35.4 Å². The SMILES string of the molecule is C=C1C(=C)C(NC2CCCCCC2)=C1Nc1cccc(C(=O)N(C)C)c1O. The summed E-state index contributed by atoms with van der Waals surface area (Å²) in [6.45, 7) is 8.19. The highest BCUT2D eigenvalue weighted by atomic mass is 16.3. The molecule has 0 spiro atoms. The minimum absolute atomic E-state index is 0.0529. The van der Waals surface area contributed by atoms with Crippen LogP contribution in [0.2, 0.25) is 0 Å². The zero-order chi connectivity index (χ0) is 19.6. The number of phenolic OH excluding ortho intramolecular Hbond substituents is 1. The van der Waals surface area contributed by atoms with Gasteiger partial charge in [-0.1, -0.05) is 44.9 Å². The van der Waals surface area contributed by atoms with Crippen LogP contribution in [0.3, 0.4) is 0 Å². The summed E-state index contributed by atoms with van der Waals surface area (Å²) in [7, 11) is 3.33. The van der Waals surface area contributed by atoms with Crippen molar-refractivity contribution in [1.82, 2.24) is 10.2 Å². The van der Waals surface area contributed by atoms with Crippen LogP contribution in [0.15, 0.2) is 53.9 Å². The monoisotopic (exact) mass is 367 g/mol. The summed E-state index contributed by atoms with van der Waals surface area (Å²) in [5, 5.41) is 17.4. The molecule has 3 N–H and O–H groups in total. The van der Waals surface area contributed by atoms with Crippen molar-refractivity contribution in [3.05, 3.63) is 59.5 Å². The number of anilines is 1. The van der Waals surface area contributed by atoms with Gasteiger partial charge >= 0.3 is 0 Å². The number of carbonyl (C=O) groups excluding carboxylic acids is 1. The molecule has 1 saturated carbocycles. The number of phenols is 1. The molecule has 5 heteroatoms. The zero-order valence-electron chi connectivity index (χ0n) is 16.3. The predicted molar refractivity (Wildman–Crippen MR) is 110 cm³/mol. The van der Waals surface area contributed by atoms with Crippen molar-refractivity contribution in [1.29, 1.82) is 0 Å². The second-order valence-electron chi connectivity index (χ2n) is 7.57.